The van der Waals surface area contributed by atoms with Crippen LogP contribution in [0.2, 0.25) is 0 Å². The minimum atomic E-state index is -1.17. The zero-order valence-corrected chi connectivity index (χ0v) is 22.3. The first-order valence-corrected chi connectivity index (χ1v) is 13.2. The van der Waals surface area contributed by atoms with Crippen molar-refractivity contribution >= 4 is 41.2 Å². The number of β-lactam (4-membered cyclic amide) rings is 1. The molecule has 1 aromatic rings. The molecule has 37 heavy (non-hydrogen) atoms. The zero-order valence-electron chi connectivity index (χ0n) is 21.5. The second kappa shape index (κ2) is 9.77. The Kier molecular flexibility index (Phi) is 7.17. The average Bonchev–Trinajstić information content (AvgIpc) is 3.32. The molecule has 3 aliphatic rings. The van der Waals surface area contributed by atoms with Crippen molar-refractivity contribution in [1.29, 1.82) is 0 Å². The van der Waals surface area contributed by atoms with Crippen molar-refractivity contribution in [2.24, 2.45) is 11.8 Å². The van der Waals surface area contributed by atoms with Crippen LogP contribution in [0.3, 0.4) is 0 Å². The number of aliphatic hydroxyl groups is 1. The number of anilines is 1. The number of nitrogens with one attached hydrogen (secondary N) is 1. The lowest BCUT2D eigenvalue weighted by atomic mass is 9.79. The van der Waals surface area contributed by atoms with E-state index in [1.807, 2.05) is 27.7 Å². The normalized spacial score (nSPS) is 28.6. The Bertz CT molecular complexity index is 1170. The molecular formula is C26H33N3O7S. The number of rotatable bonds is 7. The average molecular weight is 532 g/mol. The Morgan fingerprint density at radius 3 is 2.41 bits per heavy atom. The minimum Gasteiger partial charge on any atom is -0.478 e. The number of aliphatic carboxylic acids is 1. The van der Waals surface area contributed by atoms with Crippen LogP contribution in [0.15, 0.2) is 34.9 Å². The van der Waals surface area contributed by atoms with E-state index in [4.69, 9.17) is 0 Å². The molecular weight excluding hydrogens is 498 g/mol. The summed E-state index contributed by atoms with van der Waals surface area (Å²) >= 11 is 1.40. The van der Waals surface area contributed by atoms with Gasteiger partial charge in [0.2, 0.25) is 11.8 Å². The quantitative estimate of drug-likeness (QED) is 0.390. The molecule has 10 nitrogen and oxygen atoms in total. The zero-order chi connectivity index (χ0) is 27.4. The Hall–Kier alpha value is -2.89. The molecule has 6 unspecified atom stereocenters. The van der Waals surface area contributed by atoms with E-state index >= 15 is 0 Å². The van der Waals surface area contributed by atoms with E-state index in [1.54, 1.807) is 19.1 Å². The molecule has 3 heterocycles. The summed E-state index contributed by atoms with van der Waals surface area (Å²) in [5.41, 5.74) is 0.0807. The second-order valence-corrected chi connectivity index (χ2v) is 12.3. The SMILES string of the molecule is CC(O)C1C(=O)N2C(C(=O)O)=C(SC3CC(C(=O)Nc4cccc(C(=O)O)c4)N(C(C)(C)C)C3)C(C)C12. The number of hydrogen-bond acceptors (Lipinski definition) is 7. The molecule has 0 aromatic heterocycles. The third-order valence-electron chi connectivity index (χ3n) is 7.41. The van der Waals surface area contributed by atoms with Gasteiger partial charge in [-0.2, -0.15) is 0 Å². The van der Waals surface area contributed by atoms with Crippen molar-refractivity contribution in [1.82, 2.24) is 9.80 Å². The first kappa shape index (κ1) is 27.2. The lowest BCUT2D eigenvalue weighted by Gasteiger charge is -2.46. The fourth-order valence-electron chi connectivity index (χ4n) is 5.69. The van der Waals surface area contributed by atoms with Crippen molar-refractivity contribution in [2.45, 2.75) is 70.0 Å². The highest BCUT2D eigenvalue weighted by Crippen LogP contribution is 2.52. The highest BCUT2D eigenvalue weighted by Gasteiger charge is 2.60. The molecule has 0 radical (unpaired) electrons. The summed E-state index contributed by atoms with van der Waals surface area (Å²) < 4.78 is 0. The van der Waals surface area contributed by atoms with E-state index in [0.717, 1.165) is 0 Å². The van der Waals surface area contributed by atoms with Crippen LogP contribution >= 0.6 is 11.8 Å². The van der Waals surface area contributed by atoms with Crippen molar-refractivity contribution in [3.63, 3.8) is 0 Å². The fraction of sp³-hybridized carbons (Fsp3) is 0.538. The number of aromatic carboxylic acids is 1. The maximum absolute atomic E-state index is 13.4. The van der Waals surface area contributed by atoms with E-state index in [0.29, 0.717) is 23.6 Å². The van der Waals surface area contributed by atoms with E-state index in [9.17, 15) is 34.5 Å². The maximum atomic E-state index is 13.4. The Balaban J connectivity index is 1.56. The van der Waals surface area contributed by atoms with Crippen LogP contribution in [0.5, 0.6) is 0 Å². The van der Waals surface area contributed by atoms with Gasteiger partial charge in [-0.15, -0.1) is 11.8 Å². The summed E-state index contributed by atoms with van der Waals surface area (Å²) in [6.07, 6.45) is -0.417. The van der Waals surface area contributed by atoms with E-state index in [2.05, 4.69) is 10.2 Å². The van der Waals surface area contributed by atoms with Crippen molar-refractivity contribution in [3.05, 3.63) is 40.4 Å². The van der Waals surface area contributed by atoms with Gasteiger partial charge in [-0.25, -0.2) is 9.59 Å². The van der Waals surface area contributed by atoms with Crippen LogP contribution in [0.4, 0.5) is 5.69 Å². The number of aliphatic hydroxyl groups excluding tert-OH is 1. The van der Waals surface area contributed by atoms with E-state index in [-0.39, 0.29) is 45.8 Å². The highest BCUT2D eigenvalue weighted by molar-refractivity contribution is 8.03. The molecule has 0 aliphatic carbocycles. The maximum Gasteiger partial charge on any atom is 0.353 e. The van der Waals surface area contributed by atoms with Gasteiger partial charge in [0.25, 0.3) is 0 Å². The van der Waals surface area contributed by atoms with Gasteiger partial charge in [-0.1, -0.05) is 13.0 Å². The van der Waals surface area contributed by atoms with Crippen LogP contribution in [0, 0.1) is 11.8 Å². The summed E-state index contributed by atoms with van der Waals surface area (Å²) in [5.74, 6) is -3.77. The number of likely N-dealkylation sites (tertiary alicyclic amines) is 1. The van der Waals surface area contributed by atoms with Crippen molar-refractivity contribution < 1.29 is 34.5 Å². The fourth-order valence-corrected chi connectivity index (χ4v) is 7.21. The van der Waals surface area contributed by atoms with Gasteiger partial charge < -0.3 is 25.5 Å². The van der Waals surface area contributed by atoms with Crippen LogP contribution in [0.25, 0.3) is 0 Å². The molecule has 200 valence electrons. The standard InChI is InChI=1S/C26H33N3O7S/c1-12-19-18(13(2)30)23(32)29(19)20(25(35)36)21(12)37-16-10-17(28(11-16)26(3,4)5)22(31)27-15-8-6-7-14(9-15)24(33)34/h6-9,12-13,16-19,30H,10-11H2,1-5H3,(H,27,31)(H,33,34)(H,35,36). The van der Waals surface area contributed by atoms with Crippen molar-refractivity contribution in [3.8, 4) is 0 Å². The van der Waals surface area contributed by atoms with Crippen molar-refractivity contribution in [2.75, 3.05) is 11.9 Å². The predicted octanol–water partition coefficient (Wildman–Crippen LogP) is 2.45. The molecule has 0 spiro atoms. The molecule has 11 heteroatoms. The molecule has 4 rings (SSSR count). The number of benzene rings is 1. The smallest absolute Gasteiger partial charge is 0.353 e. The molecule has 3 aliphatic heterocycles. The number of thioether (sulfide) groups is 1. The largest absolute Gasteiger partial charge is 0.478 e. The van der Waals surface area contributed by atoms with Gasteiger partial charge in [0.1, 0.15) is 5.70 Å². The first-order valence-electron chi connectivity index (χ1n) is 12.3. The molecule has 2 saturated heterocycles. The number of carbonyl (C=O) groups is 4. The Morgan fingerprint density at radius 2 is 1.84 bits per heavy atom. The minimum absolute atomic E-state index is 0.0231. The number of fused-ring (bicyclic) bond motifs is 1. The van der Waals surface area contributed by atoms with E-state index < -0.39 is 30.0 Å². The molecule has 2 fully saturated rings. The highest BCUT2D eigenvalue weighted by atomic mass is 32.2. The summed E-state index contributed by atoms with van der Waals surface area (Å²) in [5, 5.41) is 32.0. The Morgan fingerprint density at radius 1 is 1.16 bits per heavy atom. The van der Waals surface area contributed by atoms with Gasteiger partial charge in [-0.05, 0) is 52.3 Å². The molecule has 6 atom stereocenters. The van der Waals surface area contributed by atoms with Gasteiger partial charge in [0.15, 0.2) is 0 Å². The second-order valence-electron chi connectivity index (χ2n) is 11.0. The first-order chi connectivity index (χ1) is 17.2. The molecule has 0 saturated carbocycles. The number of hydrogen-bond donors (Lipinski definition) is 4. The van der Waals surface area contributed by atoms with E-state index in [1.165, 1.54) is 28.8 Å². The topological polar surface area (TPSA) is 147 Å². The molecule has 2 amide bonds. The van der Waals surface area contributed by atoms with Crippen LogP contribution in [-0.2, 0) is 14.4 Å². The molecule has 1 aromatic carbocycles. The lowest BCUT2D eigenvalue weighted by molar-refractivity contribution is -0.163. The monoisotopic (exact) mass is 531 g/mol. The van der Waals surface area contributed by atoms with Crippen LogP contribution in [0.1, 0.15) is 51.4 Å². The molecule has 0 bridgehead atoms. The number of nitrogens with zero attached hydrogens (tertiary/aromatic N) is 2. The molecule has 4 N–H and O–H groups in total. The summed E-state index contributed by atoms with van der Waals surface area (Å²) in [6, 6.07) is 5.17. The van der Waals surface area contributed by atoms with Gasteiger partial charge in [0.05, 0.1) is 29.7 Å². The number of carboxylic acids is 2. The van der Waals surface area contributed by atoms with Gasteiger partial charge >= 0.3 is 11.9 Å². The summed E-state index contributed by atoms with van der Waals surface area (Å²) in [4.78, 5) is 53.5. The number of amides is 2. The predicted molar refractivity (Wildman–Crippen MR) is 138 cm³/mol. The number of carbonyl (C=O) groups excluding carboxylic acids is 2. The lowest BCUT2D eigenvalue weighted by Crippen LogP contribution is -2.63. The van der Waals surface area contributed by atoms with Gasteiger partial charge in [-0.3, -0.25) is 14.5 Å². The summed E-state index contributed by atoms with van der Waals surface area (Å²) in [7, 11) is 0. The van der Waals surface area contributed by atoms with Gasteiger partial charge in [0, 0.05) is 33.8 Å². The summed E-state index contributed by atoms with van der Waals surface area (Å²) in [6.45, 7) is 9.97. The third kappa shape index (κ3) is 4.87. The Labute approximate surface area is 219 Å². The van der Waals surface area contributed by atoms with Crippen LogP contribution < -0.4 is 5.32 Å². The van der Waals surface area contributed by atoms with Crippen LogP contribution in [-0.4, -0.2) is 84.4 Å². The third-order valence-corrected chi connectivity index (χ3v) is 8.90. The number of carboxylic acid groups (broad SMARTS) is 2.